The molecule has 2 aromatic rings. The van der Waals surface area contributed by atoms with Crippen LogP contribution in [0.25, 0.3) is 0 Å². The lowest BCUT2D eigenvalue weighted by molar-refractivity contribution is 0.173. The number of hydrogen-bond acceptors (Lipinski definition) is 2. The highest BCUT2D eigenvalue weighted by molar-refractivity contribution is 9.10. The molecule has 0 saturated heterocycles. The van der Waals surface area contributed by atoms with Gasteiger partial charge in [0.1, 0.15) is 17.4 Å². The average Bonchev–Trinajstić information content (AvgIpc) is 2.43. The summed E-state index contributed by atoms with van der Waals surface area (Å²) >= 11 is 3.12. The van der Waals surface area contributed by atoms with Crippen molar-refractivity contribution in [1.29, 1.82) is 0 Å². The topological polar surface area (TPSA) is 29.5 Å². The van der Waals surface area contributed by atoms with Gasteiger partial charge in [0.05, 0.1) is 17.7 Å². The van der Waals surface area contributed by atoms with Crippen molar-refractivity contribution in [2.24, 2.45) is 0 Å². The molecule has 0 saturated carbocycles. The number of methoxy groups -OCH3 is 1. The normalized spacial score (nSPS) is 12.2. The highest BCUT2D eigenvalue weighted by Gasteiger charge is 2.16. The molecular weight excluding hydrogens is 330 g/mol. The van der Waals surface area contributed by atoms with Crippen LogP contribution in [0, 0.1) is 11.6 Å². The van der Waals surface area contributed by atoms with E-state index in [0.717, 1.165) is 0 Å². The molecule has 20 heavy (non-hydrogen) atoms. The maximum absolute atomic E-state index is 13.8. The van der Waals surface area contributed by atoms with E-state index < -0.39 is 17.7 Å². The van der Waals surface area contributed by atoms with E-state index in [4.69, 9.17) is 4.74 Å². The summed E-state index contributed by atoms with van der Waals surface area (Å²) in [4.78, 5) is 0. The Morgan fingerprint density at radius 3 is 2.60 bits per heavy atom. The van der Waals surface area contributed by atoms with Gasteiger partial charge in [0.2, 0.25) is 0 Å². The SMILES string of the molecule is COc1ccc(C(O)Cc2cccc(F)c2Br)c(F)c1. The van der Waals surface area contributed by atoms with E-state index in [1.807, 2.05) is 0 Å². The van der Waals surface area contributed by atoms with Crippen molar-refractivity contribution in [2.75, 3.05) is 7.11 Å². The van der Waals surface area contributed by atoms with E-state index in [0.29, 0.717) is 11.3 Å². The molecule has 0 spiro atoms. The zero-order valence-corrected chi connectivity index (χ0v) is 12.3. The van der Waals surface area contributed by atoms with Gasteiger partial charge in [-0.25, -0.2) is 8.78 Å². The second-order valence-corrected chi connectivity index (χ2v) is 5.11. The summed E-state index contributed by atoms with van der Waals surface area (Å²) in [7, 11) is 1.44. The van der Waals surface area contributed by atoms with Gasteiger partial charge in [-0.1, -0.05) is 12.1 Å². The first-order valence-corrected chi connectivity index (χ1v) is 6.76. The van der Waals surface area contributed by atoms with Gasteiger partial charge >= 0.3 is 0 Å². The molecule has 0 bridgehead atoms. The van der Waals surface area contributed by atoms with E-state index in [1.54, 1.807) is 18.2 Å². The lowest BCUT2D eigenvalue weighted by atomic mass is 10.0. The Balaban J connectivity index is 2.24. The van der Waals surface area contributed by atoms with Crippen LogP contribution in [0.3, 0.4) is 0 Å². The van der Waals surface area contributed by atoms with Crippen LogP contribution in [0.15, 0.2) is 40.9 Å². The quantitative estimate of drug-likeness (QED) is 0.909. The molecule has 0 aliphatic rings. The molecular formula is C15H13BrF2O2. The van der Waals surface area contributed by atoms with Gasteiger partial charge in [-0.15, -0.1) is 0 Å². The summed E-state index contributed by atoms with van der Waals surface area (Å²) < 4.78 is 32.4. The third-order valence-electron chi connectivity index (χ3n) is 3.01. The summed E-state index contributed by atoms with van der Waals surface area (Å²) in [5.74, 6) is -0.584. The van der Waals surface area contributed by atoms with Crippen molar-refractivity contribution in [3.8, 4) is 5.75 Å². The first-order chi connectivity index (χ1) is 9.52. The molecule has 0 fully saturated rings. The molecule has 0 aliphatic carbocycles. The van der Waals surface area contributed by atoms with Crippen LogP contribution in [0.2, 0.25) is 0 Å². The molecule has 0 aromatic heterocycles. The van der Waals surface area contributed by atoms with Crippen molar-refractivity contribution in [1.82, 2.24) is 0 Å². The van der Waals surface area contributed by atoms with Crippen LogP contribution in [-0.2, 0) is 6.42 Å². The number of rotatable bonds is 4. The molecule has 1 unspecified atom stereocenters. The van der Waals surface area contributed by atoms with Crippen LogP contribution >= 0.6 is 15.9 Å². The monoisotopic (exact) mass is 342 g/mol. The molecule has 0 amide bonds. The molecule has 2 rings (SSSR count). The first-order valence-electron chi connectivity index (χ1n) is 5.97. The molecule has 2 aromatic carbocycles. The van der Waals surface area contributed by atoms with Gasteiger partial charge < -0.3 is 9.84 Å². The fraction of sp³-hybridized carbons (Fsp3) is 0.200. The van der Waals surface area contributed by atoms with Crippen molar-refractivity contribution in [3.05, 3.63) is 63.6 Å². The number of aliphatic hydroxyl groups is 1. The number of aliphatic hydroxyl groups excluding tert-OH is 1. The fourth-order valence-electron chi connectivity index (χ4n) is 1.93. The predicted octanol–water partition coefficient (Wildman–Crippen LogP) is 4.01. The molecule has 5 heteroatoms. The molecule has 0 aliphatic heterocycles. The number of halogens is 3. The van der Waals surface area contributed by atoms with E-state index in [9.17, 15) is 13.9 Å². The zero-order valence-electron chi connectivity index (χ0n) is 10.7. The third-order valence-corrected chi connectivity index (χ3v) is 3.90. The summed E-state index contributed by atoms with van der Waals surface area (Å²) in [6, 6.07) is 8.78. The fourth-order valence-corrected chi connectivity index (χ4v) is 2.36. The predicted molar refractivity (Wildman–Crippen MR) is 75.7 cm³/mol. The van der Waals surface area contributed by atoms with Gasteiger partial charge in [-0.2, -0.15) is 0 Å². The molecule has 1 N–H and O–H groups in total. The minimum absolute atomic E-state index is 0.113. The van der Waals surface area contributed by atoms with Gasteiger partial charge in [-0.3, -0.25) is 0 Å². The van der Waals surface area contributed by atoms with E-state index >= 15 is 0 Å². The Labute approximate surface area is 124 Å². The lowest BCUT2D eigenvalue weighted by Gasteiger charge is -2.14. The number of hydrogen-bond donors (Lipinski definition) is 1. The minimum atomic E-state index is -1.06. The largest absolute Gasteiger partial charge is 0.497 e. The molecule has 0 radical (unpaired) electrons. The van der Waals surface area contributed by atoms with Gasteiger partial charge in [0.15, 0.2) is 0 Å². The Hall–Kier alpha value is -1.46. The van der Waals surface area contributed by atoms with Gasteiger partial charge in [-0.05, 0) is 39.7 Å². The van der Waals surface area contributed by atoms with Crippen LogP contribution in [0.4, 0.5) is 8.78 Å². The standard InChI is InChI=1S/C15H13BrF2O2/c1-20-10-5-6-11(13(18)8-10)14(19)7-9-3-2-4-12(17)15(9)16/h2-6,8,14,19H,7H2,1H3. The summed E-state index contributed by atoms with van der Waals surface area (Å²) in [6.45, 7) is 0. The van der Waals surface area contributed by atoms with E-state index in [1.165, 1.54) is 25.3 Å². The first kappa shape index (κ1) is 14.9. The average molecular weight is 343 g/mol. The van der Waals surface area contributed by atoms with Crippen LogP contribution in [0.5, 0.6) is 5.75 Å². The third kappa shape index (κ3) is 3.16. The van der Waals surface area contributed by atoms with Crippen molar-refractivity contribution < 1.29 is 18.6 Å². The van der Waals surface area contributed by atoms with Crippen LogP contribution < -0.4 is 4.74 Å². The van der Waals surface area contributed by atoms with Crippen LogP contribution in [-0.4, -0.2) is 12.2 Å². The van der Waals surface area contributed by atoms with Crippen molar-refractivity contribution >= 4 is 15.9 Å². The molecule has 2 nitrogen and oxygen atoms in total. The Morgan fingerprint density at radius 2 is 1.95 bits per heavy atom. The smallest absolute Gasteiger partial charge is 0.137 e. The Bertz CT molecular complexity index is 617. The van der Waals surface area contributed by atoms with E-state index in [2.05, 4.69) is 15.9 Å². The van der Waals surface area contributed by atoms with Crippen LogP contribution in [0.1, 0.15) is 17.2 Å². The maximum Gasteiger partial charge on any atom is 0.137 e. The summed E-state index contributed by atoms with van der Waals surface area (Å²) in [5.41, 5.74) is 0.731. The Kier molecular flexibility index (Phi) is 4.73. The second-order valence-electron chi connectivity index (χ2n) is 4.32. The number of ether oxygens (including phenoxy) is 1. The van der Waals surface area contributed by atoms with Crippen molar-refractivity contribution in [3.63, 3.8) is 0 Å². The maximum atomic E-state index is 13.8. The zero-order chi connectivity index (χ0) is 14.7. The number of benzene rings is 2. The summed E-state index contributed by atoms with van der Waals surface area (Å²) in [6.07, 6.45) is -0.944. The minimum Gasteiger partial charge on any atom is -0.497 e. The van der Waals surface area contributed by atoms with Crippen molar-refractivity contribution in [2.45, 2.75) is 12.5 Å². The second kappa shape index (κ2) is 6.33. The molecule has 106 valence electrons. The highest BCUT2D eigenvalue weighted by Crippen LogP contribution is 2.28. The van der Waals surface area contributed by atoms with Gasteiger partial charge in [0.25, 0.3) is 0 Å². The highest BCUT2D eigenvalue weighted by atomic mass is 79.9. The lowest BCUT2D eigenvalue weighted by Crippen LogP contribution is -2.05. The van der Waals surface area contributed by atoms with E-state index in [-0.39, 0.29) is 16.5 Å². The Morgan fingerprint density at radius 1 is 1.20 bits per heavy atom. The molecule has 1 atom stereocenters. The molecule has 0 heterocycles. The summed E-state index contributed by atoms with van der Waals surface area (Å²) in [5, 5.41) is 10.1. The van der Waals surface area contributed by atoms with Gasteiger partial charge in [0, 0.05) is 18.1 Å².